The van der Waals surface area contributed by atoms with E-state index in [1.807, 2.05) is 12.5 Å². The molecule has 0 atom stereocenters. The van der Waals surface area contributed by atoms with Crippen molar-refractivity contribution in [2.45, 2.75) is 37.7 Å². The van der Waals surface area contributed by atoms with E-state index in [0.29, 0.717) is 6.71 Å². The smallest absolute Gasteiger partial charge is 0.212 e. The van der Waals surface area contributed by atoms with Gasteiger partial charge in [-0.3, -0.25) is 0 Å². The average molecular weight is 525 g/mol. The van der Waals surface area contributed by atoms with Gasteiger partial charge in [0.1, 0.15) is 0 Å². The first-order valence-corrected chi connectivity index (χ1v) is 15.4. The standard InChI is InChI=1S/C20H22N2Si.C15H15B/c1-3-17(2)23-20(22-15-14-21-16-22,18-10-6-4-7-11-18)19-12-8-5-9-13-19;1-3-7-13(8-4-1)16(15-11-12-15)14-9-5-2-6-10-14/h3-16H,23H2,1-2H3;1-10,15H,11-12H2. The molecule has 1 aromatic heterocycles. The minimum Gasteiger partial charge on any atom is -0.326 e. The van der Waals surface area contributed by atoms with Crippen LogP contribution in [0, 0.1) is 0 Å². The Morgan fingerprint density at radius 2 is 1.23 bits per heavy atom. The van der Waals surface area contributed by atoms with Crippen LogP contribution in [0.1, 0.15) is 37.8 Å². The van der Waals surface area contributed by atoms with Crippen molar-refractivity contribution in [2.24, 2.45) is 0 Å². The molecule has 1 heterocycles. The number of benzene rings is 4. The molecule has 0 aliphatic heterocycles. The second kappa shape index (κ2) is 12.8. The summed E-state index contributed by atoms with van der Waals surface area (Å²) in [5.41, 5.74) is 5.60. The first-order chi connectivity index (χ1) is 19.2. The highest BCUT2D eigenvalue weighted by Gasteiger charge is 2.37. The molecule has 0 N–H and O–H groups in total. The number of aromatic nitrogens is 2. The van der Waals surface area contributed by atoms with E-state index in [0.717, 1.165) is 5.82 Å². The molecule has 2 nitrogen and oxygen atoms in total. The Labute approximate surface area is 236 Å². The third-order valence-electron chi connectivity index (χ3n) is 7.89. The van der Waals surface area contributed by atoms with Crippen molar-refractivity contribution in [2.75, 3.05) is 0 Å². The van der Waals surface area contributed by atoms with E-state index < -0.39 is 9.52 Å². The van der Waals surface area contributed by atoms with Crippen LogP contribution in [-0.2, 0) is 5.16 Å². The molecule has 1 fully saturated rings. The summed E-state index contributed by atoms with van der Waals surface area (Å²) in [6.45, 7) is 5.00. The zero-order valence-corrected chi connectivity index (χ0v) is 24.4. The molecular weight excluding hydrogens is 487 g/mol. The van der Waals surface area contributed by atoms with Crippen LogP contribution in [-0.4, -0.2) is 25.8 Å². The van der Waals surface area contributed by atoms with Crippen molar-refractivity contribution in [3.05, 3.63) is 162 Å². The highest BCUT2D eigenvalue weighted by atomic mass is 28.2. The molecule has 5 aromatic rings. The zero-order valence-electron chi connectivity index (χ0n) is 23.0. The Morgan fingerprint density at radius 1 is 0.769 bits per heavy atom. The van der Waals surface area contributed by atoms with Gasteiger partial charge in [0.2, 0.25) is 6.71 Å². The van der Waals surface area contributed by atoms with Gasteiger partial charge in [-0.2, -0.15) is 0 Å². The molecule has 1 saturated carbocycles. The maximum Gasteiger partial charge on any atom is 0.212 e. The Morgan fingerprint density at radius 3 is 1.62 bits per heavy atom. The third-order valence-corrected chi connectivity index (χ3v) is 10.5. The molecular formula is C35H37BN2Si. The van der Waals surface area contributed by atoms with Gasteiger partial charge in [-0.15, -0.1) is 0 Å². The summed E-state index contributed by atoms with van der Waals surface area (Å²) >= 11 is 0. The number of nitrogens with zero attached hydrogens (tertiary/aromatic N) is 2. The number of imidazole rings is 1. The molecule has 0 radical (unpaired) electrons. The Balaban J connectivity index is 0.000000168. The first kappa shape index (κ1) is 26.7. The minimum atomic E-state index is -0.639. The molecule has 0 spiro atoms. The Kier molecular flexibility index (Phi) is 8.75. The van der Waals surface area contributed by atoms with E-state index in [4.69, 9.17) is 0 Å². The maximum atomic E-state index is 4.34. The van der Waals surface area contributed by atoms with Crippen molar-refractivity contribution in [3.63, 3.8) is 0 Å². The summed E-state index contributed by atoms with van der Waals surface area (Å²) in [6.07, 6.45) is 10.9. The summed E-state index contributed by atoms with van der Waals surface area (Å²) in [4.78, 5) is 4.34. The number of hydrogen-bond acceptors (Lipinski definition) is 1. The molecule has 39 heavy (non-hydrogen) atoms. The topological polar surface area (TPSA) is 17.8 Å². The Hall–Kier alpha value is -3.89. The van der Waals surface area contributed by atoms with Crippen LogP contribution >= 0.6 is 0 Å². The number of hydrogen-bond donors (Lipinski definition) is 0. The summed E-state index contributed by atoms with van der Waals surface area (Å²) in [5.74, 6) is 0.866. The molecule has 0 bridgehead atoms. The molecule has 6 rings (SSSR count). The Bertz CT molecular complexity index is 1350. The van der Waals surface area contributed by atoms with Crippen molar-refractivity contribution >= 4 is 27.2 Å². The van der Waals surface area contributed by atoms with Crippen LogP contribution in [0.25, 0.3) is 0 Å². The summed E-state index contributed by atoms with van der Waals surface area (Å²) < 4.78 is 2.29. The molecule has 0 amide bonds. The van der Waals surface area contributed by atoms with Crippen molar-refractivity contribution < 1.29 is 0 Å². The lowest BCUT2D eigenvalue weighted by Gasteiger charge is -2.37. The quantitative estimate of drug-likeness (QED) is 0.222. The van der Waals surface area contributed by atoms with Gasteiger partial charge in [-0.25, -0.2) is 4.98 Å². The predicted octanol–water partition coefficient (Wildman–Crippen LogP) is 6.18. The monoisotopic (exact) mass is 524 g/mol. The van der Waals surface area contributed by atoms with Gasteiger partial charge in [-0.05, 0) is 25.0 Å². The van der Waals surface area contributed by atoms with Crippen LogP contribution in [0.4, 0.5) is 0 Å². The fraction of sp³-hybridized carbons (Fsp3) is 0.171. The zero-order chi connectivity index (χ0) is 26.9. The normalized spacial score (nSPS) is 13.6. The fourth-order valence-electron chi connectivity index (χ4n) is 5.67. The molecule has 4 heteroatoms. The second-order valence-electron chi connectivity index (χ2n) is 10.5. The van der Waals surface area contributed by atoms with Crippen molar-refractivity contribution in [1.82, 2.24) is 9.55 Å². The van der Waals surface area contributed by atoms with Gasteiger partial charge < -0.3 is 4.57 Å². The number of rotatable bonds is 8. The fourth-order valence-corrected chi connectivity index (χ4v) is 7.93. The number of allylic oxidation sites excluding steroid dienone is 2. The van der Waals surface area contributed by atoms with Crippen molar-refractivity contribution in [3.8, 4) is 0 Å². The molecule has 1 aliphatic carbocycles. The molecule has 0 unspecified atom stereocenters. The van der Waals surface area contributed by atoms with E-state index in [1.54, 1.807) is 0 Å². The lowest BCUT2D eigenvalue weighted by molar-refractivity contribution is 0.594. The van der Waals surface area contributed by atoms with E-state index in [2.05, 4.69) is 157 Å². The van der Waals surface area contributed by atoms with Gasteiger partial charge in [0, 0.05) is 12.4 Å². The second-order valence-corrected chi connectivity index (χ2v) is 13.0. The average Bonchev–Trinajstić information content (AvgIpc) is 3.69. The molecule has 4 aromatic carbocycles. The molecule has 1 aliphatic rings. The highest BCUT2D eigenvalue weighted by molar-refractivity contribution is 6.86. The predicted molar refractivity (Wildman–Crippen MR) is 170 cm³/mol. The summed E-state index contributed by atoms with van der Waals surface area (Å²) in [6, 6.07) is 43.4. The summed E-state index contributed by atoms with van der Waals surface area (Å²) in [7, 11) is -0.639. The maximum absolute atomic E-state index is 4.34. The largest absolute Gasteiger partial charge is 0.326 e. The van der Waals surface area contributed by atoms with Gasteiger partial charge in [0.05, 0.1) is 21.0 Å². The third kappa shape index (κ3) is 6.23. The van der Waals surface area contributed by atoms with Gasteiger partial charge >= 0.3 is 0 Å². The van der Waals surface area contributed by atoms with Crippen LogP contribution < -0.4 is 10.9 Å². The van der Waals surface area contributed by atoms with E-state index in [-0.39, 0.29) is 5.16 Å². The van der Waals surface area contributed by atoms with E-state index in [9.17, 15) is 0 Å². The first-order valence-electron chi connectivity index (χ1n) is 14.0. The van der Waals surface area contributed by atoms with Crippen LogP contribution in [0.2, 0.25) is 5.82 Å². The SMILES string of the molecule is CC=C(C)[SiH2]C(c1ccccc1)(c1ccccc1)n1ccnc1.c1ccc(B(c2ccccc2)C2CC2)cc1. The van der Waals surface area contributed by atoms with Gasteiger partial charge in [-0.1, -0.05) is 162 Å². The van der Waals surface area contributed by atoms with Gasteiger partial charge in [0.25, 0.3) is 0 Å². The molecule has 194 valence electrons. The van der Waals surface area contributed by atoms with Gasteiger partial charge in [0.15, 0.2) is 0 Å². The lowest BCUT2D eigenvalue weighted by Crippen LogP contribution is -2.42. The van der Waals surface area contributed by atoms with Crippen LogP contribution in [0.5, 0.6) is 0 Å². The van der Waals surface area contributed by atoms with E-state index in [1.165, 1.54) is 40.1 Å². The van der Waals surface area contributed by atoms with Crippen molar-refractivity contribution in [1.29, 1.82) is 0 Å². The van der Waals surface area contributed by atoms with E-state index >= 15 is 0 Å². The molecule has 0 saturated heterocycles. The van der Waals surface area contributed by atoms with Crippen LogP contribution in [0.15, 0.2) is 151 Å². The minimum absolute atomic E-state index is 0.143. The van der Waals surface area contributed by atoms with Crippen LogP contribution in [0.3, 0.4) is 0 Å². The lowest BCUT2D eigenvalue weighted by atomic mass is 9.37. The summed E-state index contributed by atoms with van der Waals surface area (Å²) in [5, 5.41) is 1.35. The highest BCUT2D eigenvalue weighted by Crippen LogP contribution is 2.38.